The first-order chi connectivity index (χ1) is 24.1. The van der Waals surface area contributed by atoms with Gasteiger partial charge >= 0.3 is 5.97 Å². The maximum absolute atomic E-state index is 10.7. The predicted molar refractivity (Wildman–Crippen MR) is 218 cm³/mol. The minimum atomic E-state index is -1.17. The van der Waals surface area contributed by atoms with E-state index in [1.54, 1.807) is 0 Å². The Labute approximate surface area is 309 Å². The third-order valence-corrected chi connectivity index (χ3v) is 11.3. The van der Waals surface area contributed by atoms with Crippen molar-refractivity contribution in [2.45, 2.75) is 283 Å². The lowest BCUT2D eigenvalue weighted by Gasteiger charge is -2.17. The number of rotatable bonds is 43. The first-order valence-corrected chi connectivity index (χ1v) is 23.0. The molecule has 0 saturated heterocycles. The van der Waals surface area contributed by atoms with Crippen molar-refractivity contribution in [2.75, 3.05) is 0 Å². The summed E-state index contributed by atoms with van der Waals surface area (Å²) in [5.41, 5.74) is 0. The lowest BCUT2D eigenvalue weighted by molar-refractivity contribution is -0.146. The lowest BCUT2D eigenvalue weighted by atomic mass is 9.89. The highest BCUT2D eigenvalue weighted by Crippen LogP contribution is 2.25. The van der Waals surface area contributed by atoms with E-state index in [2.05, 4.69) is 13.8 Å². The molecule has 2 atom stereocenters. The van der Waals surface area contributed by atoms with Crippen molar-refractivity contribution in [1.29, 1.82) is 0 Å². The van der Waals surface area contributed by atoms with Gasteiger partial charge in [-0.2, -0.15) is 0 Å². The number of unbranched alkanes of at least 4 members (excludes halogenated alkanes) is 34. The van der Waals surface area contributed by atoms with Crippen LogP contribution >= 0.6 is 0 Å². The zero-order chi connectivity index (χ0) is 35.7. The van der Waals surface area contributed by atoms with Crippen molar-refractivity contribution in [2.24, 2.45) is 5.92 Å². The third kappa shape index (κ3) is 40.1. The summed E-state index contributed by atoms with van der Waals surface area (Å²) < 4.78 is 0. The molecule has 2 unspecified atom stereocenters. The van der Waals surface area contributed by atoms with Crippen LogP contribution in [0.25, 0.3) is 0 Å². The number of hydrogen-bond acceptors (Lipinski definition) is 2. The number of hydrogen-bond donors (Lipinski definition) is 2. The molecule has 0 spiro atoms. The van der Waals surface area contributed by atoms with Crippen molar-refractivity contribution < 1.29 is 15.0 Å². The summed E-state index contributed by atoms with van der Waals surface area (Å²) in [5, 5.41) is 18.1. The molecular formula is C46H92O3. The Morgan fingerprint density at radius 3 is 0.714 bits per heavy atom. The number of aliphatic hydroxyl groups is 1. The van der Waals surface area contributed by atoms with Gasteiger partial charge in [-0.25, -0.2) is 4.79 Å². The molecule has 0 aliphatic rings. The van der Waals surface area contributed by atoms with Crippen LogP contribution in [-0.2, 0) is 4.79 Å². The molecule has 0 aromatic rings. The second-order valence-corrected chi connectivity index (χ2v) is 16.2. The normalized spacial score (nSPS) is 12.9. The Bertz CT molecular complexity index is 619. The summed E-state index contributed by atoms with van der Waals surface area (Å²) >= 11 is 0. The second-order valence-electron chi connectivity index (χ2n) is 16.2. The zero-order valence-electron chi connectivity index (χ0n) is 33.9. The fraction of sp³-hybridized carbons (Fsp3) is 0.978. The largest absolute Gasteiger partial charge is 0.479 e. The molecule has 0 aliphatic carbocycles. The quantitative estimate of drug-likeness (QED) is 0.0625. The zero-order valence-corrected chi connectivity index (χ0v) is 33.9. The Kier molecular flexibility index (Phi) is 41.4. The molecule has 0 bridgehead atoms. The molecule has 0 radical (unpaired) electrons. The van der Waals surface area contributed by atoms with E-state index < -0.39 is 12.1 Å². The standard InChI is InChI=1S/C46H92O3/c1-3-5-7-9-11-13-14-15-16-17-18-19-20-22-25-29-33-37-41-44(40-36-32-28-12-10-8-6-4-2)42-38-34-30-26-23-21-24-27-31-35-39-43-45(47)46(48)49/h44-45,47H,3-43H2,1-2H3,(H,48,49). The highest BCUT2D eigenvalue weighted by atomic mass is 16.4. The van der Waals surface area contributed by atoms with Crippen LogP contribution in [0.3, 0.4) is 0 Å². The van der Waals surface area contributed by atoms with Crippen LogP contribution in [-0.4, -0.2) is 22.3 Å². The van der Waals surface area contributed by atoms with Crippen molar-refractivity contribution in [3.63, 3.8) is 0 Å². The van der Waals surface area contributed by atoms with Gasteiger partial charge in [-0.3, -0.25) is 0 Å². The summed E-state index contributed by atoms with van der Waals surface area (Å²) in [5.74, 6) is -0.0995. The van der Waals surface area contributed by atoms with Crippen molar-refractivity contribution in [3.05, 3.63) is 0 Å². The van der Waals surface area contributed by atoms with E-state index in [-0.39, 0.29) is 0 Å². The minimum absolute atomic E-state index is 0.398. The molecule has 0 aliphatic heterocycles. The number of carboxylic acids is 1. The molecule has 3 nitrogen and oxygen atoms in total. The smallest absolute Gasteiger partial charge is 0.332 e. The van der Waals surface area contributed by atoms with Gasteiger partial charge in [0.15, 0.2) is 6.10 Å². The van der Waals surface area contributed by atoms with Crippen molar-refractivity contribution in [1.82, 2.24) is 0 Å². The van der Waals surface area contributed by atoms with Gasteiger partial charge in [-0.15, -0.1) is 0 Å². The Morgan fingerprint density at radius 1 is 0.327 bits per heavy atom. The van der Waals surface area contributed by atoms with Crippen LogP contribution in [0.1, 0.15) is 277 Å². The Morgan fingerprint density at radius 2 is 0.510 bits per heavy atom. The van der Waals surface area contributed by atoms with Crippen LogP contribution in [0, 0.1) is 5.92 Å². The molecule has 0 rings (SSSR count). The molecule has 0 fully saturated rings. The minimum Gasteiger partial charge on any atom is -0.479 e. The summed E-state index contributed by atoms with van der Waals surface area (Å²) in [6, 6.07) is 0. The van der Waals surface area contributed by atoms with E-state index in [4.69, 9.17) is 5.11 Å². The van der Waals surface area contributed by atoms with Gasteiger partial charge in [0, 0.05) is 0 Å². The van der Waals surface area contributed by atoms with Crippen LogP contribution in [0.2, 0.25) is 0 Å². The number of aliphatic carboxylic acids is 1. The number of aliphatic hydroxyl groups excluding tert-OH is 1. The summed E-state index contributed by atoms with van der Waals surface area (Å²) in [4.78, 5) is 10.7. The van der Waals surface area contributed by atoms with Gasteiger partial charge in [-0.05, 0) is 12.3 Å². The van der Waals surface area contributed by atoms with E-state index in [9.17, 15) is 9.90 Å². The average molecular weight is 693 g/mol. The molecule has 0 saturated carbocycles. The van der Waals surface area contributed by atoms with Crippen LogP contribution in [0.4, 0.5) is 0 Å². The van der Waals surface area contributed by atoms with Crippen molar-refractivity contribution >= 4 is 5.97 Å². The van der Waals surface area contributed by atoms with Crippen LogP contribution in [0.15, 0.2) is 0 Å². The molecule has 3 heteroatoms. The summed E-state index contributed by atoms with van der Waals surface area (Å²) in [6.07, 6.45) is 55.6. The van der Waals surface area contributed by atoms with Gasteiger partial charge in [0.1, 0.15) is 0 Å². The van der Waals surface area contributed by atoms with E-state index in [1.165, 1.54) is 244 Å². The summed E-state index contributed by atoms with van der Waals surface area (Å²) in [7, 11) is 0. The molecule has 49 heavy (non-hydrogen) atoms. The molecule has 2 N–H and O–H groups in total. The number of carbonyl (C=O) groups is 1. The fourth-order valence-corrected chi connectivity index (χ4v) is 7.82. The van der Waals surface area contributed by atoms with Crippen molar-refractivity contribution in [3.8, 4) is 0 Å². The van der Waals surface area contributed by atoms with E-state index in [0.717, 1.165) is 18.8 Å². The molecular weight excluding hydrogens is 601 g/mol. The first kappa shape index (κ1) is 48.4. The first-order valence-electron chi connectivity index (χ1n) is 23.0. The maximum Gasteiger partial charge on any atom is 0.332 e. The summed E-state index contributed by atoms with van der Waals surface area (Å²) in [6.45, 7) is 4.62. The lowest BCUT2D eigenvalue weighted by Crippen LogP contribution is -2.18. The molecule has 0 aromatic heterocycles. The van der Waals surface area contributed by atoms with Crippen LogP contribution in [0.5, 0.6) is 0 Å². The molecule has 0 aromatic carbocycles. The molecule has 0 heterocycles. The molecule has 0 amide bonds. The van der Waals surface area contributed by atoms with Crippen LogP contribution < -0.4 is 0 Å². The monoisotopic (exact) mass is 693 g/mol. The van der Waals surface area contributed by atoms with Gasteiger partial charge in [0.05, 0.1) is 0 Å². The SMILES string of the molecule is CCCCCCCCCCCCCCCCCCCCC(CCCCCCCCCC)CCCCCCCCCCCCCC(O)C(=O)O. The fourth-order valence-electron chi connectivity index (χ4n) is 7.82. The van der Waals surface area contributed by atoms with Gasteiger partial charge in [0.2, 0.25) is 0 Å². The van der Waals surface area contributed by atoms with Gasteiger partial charge < -0.3 is 10.2 Å². The van der Waals surface area contributed by atoms with Gasteiger partial charge in [-0.1, -0.05) is 271 Å². The molecule has 294 valence electrons. The number of carboxylic acid groups (broad SMARTS) is 1. The van der Waals surface area contributed by atoms with E-state index in [1.807, 2.05) is 0 Å². The maximum atomic E-state index is 10.7. The average Bonchev–Trinajstić information content (AvgIpc) is 3.10. The topological polar surface area (TPSA) is 57.5 Å². The Hall–Kier alpha value is -0.570. The Balaban J connectivity index is 3.83. The highest BCUT2D eigenvalue weighted by Gasteiger charge is 2.11. The second kappa shape index (κ2) is 41.8. The van der Waals surface area contributed by atoms with E-state index >= 15 is 0 Å². The third-order valence-electron chi connectivity index (χ3n) is 11.3. The highest BCUT2D eigenvalue weighted by molar-refractivity contribution is 5.71. The van der Waals surface area contributed by atoms with Gasteiger partial charge in [0.25, 0.3) is 0 Å². The predicted octanol–water partition coefficient (Wildman–Crippen LogP) is 16.1. The van der Waals surface area contributed by atoms with E-state index in [0.29, 0.717) is 6.42 Å².